The fraction of sp³-hybridized carbons (Fsp3) is 0.267. The number of carbonyl (C=O) groups is 1. The number of nitrogens with zero attached hydrogens (tertiary/aromatic N) is 1. The second-order valence-corrected chi connectivity index (χ2v) is 6.00. The second kappa shape index (κ2) is 5.14. The third kappa shape index (κ3) is 2.26. The average molecular weight is 339 g/mol. The molecular weight excluding hydrogens is 326 g/mol. The summed E-state index contributed by atoms with van der Waals surface area (Å²) in [5.74, 6) is 0.964. The molecule has 0 aliphatic carbocycles. The van der Waals surface area contributed by atoms with Gasteiger partial charge < -0.3 is 4.90 Å². The Labute approximate surface area is 125 Å². The lowest BCUT2D eigenvalue weighted by atomic mass is 10.1. The molecule has 1 saturated heterocycles. The van der Waals surface area contributed by atoms with E-state index in [4.69, 9.17) is 11.6 Å². The molecule has 19 heavy (non-hydrogen) atoms. The van der Waals surface area contributed by atoms with Gasteiger partial charge in [-0.2, -0.15) is 0 Å². The fourth-order valence-corrected chi connectivity index (χ4v) is 3.31. The molecule has 0 aromatic heterocycles. The van der Waals surface area contributed by atoms with Crippen molar-refractivity contribution >= 4 is 49.9 Å². The van der Waals surface area contributed by atoms with E-state index in [-0.39, 0.29) is 11.8 Å². The topological polar surface area (TPSA) is 20.3 Å². The first-order valence-electron chi connectivity index (χ1n) is 6.24. The smallest absolute Gasteiger partial charge is 0.227 e. The molecule has 0 spiro atoms. The third-order valence-electron chi connectivity index (χ3n) is 3.56. The van der Waals surface area contributed by atoms with Crippen LogP contribution in [0.15, 0.2) is 40.9 Å². The SMILES string of the molecule is O=C1CC(CCl)CN1c1cccc2c(Br)cccc12. The summed E-state index contributed by atoms with van der Waals surface area (Å²) < 4.78 is 1.05. The molecule has 0 N–H and O–H groups in total. The molecule has 0 saturated carbocycles. The van der Waals surface area contributed by atoms with E-state index in [1.807, 2.05) is 29.2 Å². The summed E-state index contributed by atoms with van der Waals surface area (Å²) in [6.45, 7) is 0.716. The predicted octanol–water partition coefficient (Wildman–Crippen LogP) is 4.19. The molecule has 1 heterocycles. The first-order chi connectivity index (χ1) is 9.20. The second-order valence-electron chi connectivity index (χ2n) is 4.84. The van der Waals surface area contributed by atoms with E-state index in [2.05, 4.69) is 28.1 Å². The third-order valence-corrected chi connectivity index (χ3v) is 4.69. The summed E-state index contributed by atoms with van der Waals surface area (Å²) in [6.07, 6.45) is 0.549. The Kier molecular flexibility index (Phi) is 3.50. The quantitative estimate of drug-likeness (QED) is 0.752. The van der Waals surface area contributed by atoms with Crippen LogP contribution in [0.1, 0.15) is 6.42 Å². The van der Waals surface area contributed by atoms with E-state index in [1.54, 1.807) is 0 Å². The van der Waals surface area contributed by atoms with Crippen molar-refractivity contribution in [3.8, 4) is 0 Å². The Morgan fingerprint density at radius 2 is 1.95 bits per heavy atom. The zero-order chi connectivity index (χ0) is 13.4. The minimum atomic E-state index is 0.165. The van der Waals surface area contributed by atoms with Crippen LogP contribution in [-0.4, -0.2) is 18.3 Å². The minimum Gasteiger partial charge on any atom is -0.311 e. The van der Waals surface area contributed by atoms with E-state index in [0.717, 1.165) is 20.9 Å². The van der Waals surface area contributed by atoms with Crippen LogP contribution >= 0.6 is 27.5 Å². The van der Waals surface area contributed by atoms with Crippen molar-refractivity contribution in [3.63, 3.8) is 0 Å². The van der Waals surface area contributed by atoms with Crippen LogP contribution in [0.5, 0.6) is 0 Å². The molecule has 1 atom stereocenters. The van der Waals surface area contributed by atoms with E-state index in [0.29, 0.717) is 18.8 Å². The Hall–Kier alpha value is -1.06. The monoisotopic (exact) mass is 337 g/mol. The number of hydrogen-bond donors (Lipinski definition) is 0. The molecule has 1 aliphatic heterocycles. The summed E-state index contributed by atoms with van der Waals surface area (Å²) in [7, 11) is 0. The maximum atomic E-state index is 12.1. The Morgan fingerprint density at radius 1 is 1.21 bits per heavy atom. The molecular formula is C15H13BrClNO. The van der Waals surface area contributed by atoms with Crippen LogP contribution in [0.2, 0.25) is 0 Å². The van der Waals surface area contributed by atoms with Crippen molar-refractivity contribution in [2.45, 2.75) is 6.42 Å². The number of benzene rings is 2. The van der Waals surface area contributed by atoms with Gasteiger partial charge >= 0.3 is 0 Å². The van der Waals surface area contributed by atoms with Gasteiger partial charge in [0, 0.05) is 28.7 Å². The molecule has 2 aromatic rings. The van der Waals surface area contributed by atoms with Crippen molar-refractivity contribution in [1.82, 2.24) is 0 Å². The molecule has 1 aliphatic rings. The molecule has 2 aromatic carbocycles. The molecule has 0 radical (unpaired) electrons. The highest BCUT2D eigenvalue weighted by Crippen LogP contribution is 2.34. The van der Waals surface area contributed by atoms with Crippen molar-refractivity contribution in [1.29, 1.82) is 0 Å². The summed E-state index contributed by atoms with van der Waals surface area (Å²) >= 11 is 9.44. The summed E-state index contributed by atoms with van der Waals surface area (Å²) in [5.41, 5.74) is 0.983. The Balaban J connectivity index is 2.11. The maximum Gasteiger partial charge on any atom is 0.227 e. The average Bonchev–Trinajstić information content (AvgIpc) is 2.80. The van der Waals surface area contributed by atoms with Gasteiger partial charge in [0.25, 0.3) is 0 Å². The highest BCUT2D eigenvalue weighted by Gasteiger charge is 2.30. The lowest BCUT2D eigenvalue weighted by Crippen LogP contribution is -2.24. The summed E-state index contributed by atoms with van der Waals surface area (Å²) in [4.78, 5) is 14.0. The normalized spacial score (nSPS) is 19.4. The maximum absolute atomic E-state index is 12.1. The van der Waals surface area contributed by atoms with E-state index in [9.17, 15) is 4.79 Å². The number of fused-ring (bicyclic) bond motifs is 1. The number of anilines is 1. The van der Waals surface area contributed by atoms with Gasteiger partial charge in [-0.3, -0.25) is 4.79 Å². The largest absolute Gasteiger partial charge is 0.311 e. The van der Waals surface area contributed by atoms with Crippen LogP contribution in [0.25, 0.3) is 10.8 Å². The fourth-order valence-electron chi connectivity index (χ4n) is 2.61. The van der Waals surface area contributed by atoms with E-state index < -0.39 is 0 Å². The molecule has 0 bridgehead atoms. The van der Waals surface area contributed by atoms with Gasteiger partial charge in [0.05, 0.1) is 5.69 Å². The Bertz CT molecular complexity index is 643. The Morgan fingerprint density at radius 3 is 2.68 bits per heavy atom. The summed E-state index contributed by atoms with van der Waals surface area (Å²) in [6, 6.07) is 12.1. The van der Waals surface area contributed by atoms with Gasteiger partial charge in [-0.1, -0.05) is 40.2 Å². The van der Waals surface area contributed by atoms with Crippen LogP contribution in [0, 0.1) is 5.92 Å². The highest BCUT2D eigenvalue weighted by molar-refractivity contribution is 9.10. The molecule has 4 heteroatoms. The standard InChI is InChI=1S/C15H13BrClNO/c16-13-5-1-4-12-11(13)3-2-6-14(12)18-9-10(8-17)7-15(18)19/h1-6,10H,7-9H2. The van der Waals surface area contributed by atoms with Crippen molar-refractivity contribution in [3.05, 3.63) is 40.9 Å². The number of hydrogen-bond acceptors (Lipinski definition) is 1. The van der Waals surface area contributed by atoms with Crippen LogP contribution in [0.3, 0.4) is 0 Å². The molecule has 1 fully saturated rings. The van der Waals surface area contributed by atoms with E-state index in [1.165, 1.54) is 0 Å². The lowest BCUT2D eigenvalue weighted by molar-refractivity contribution is -0.117. The van der Waals surface area contributed by atoms with Gasteiger partial charge in [-0.15, -0.1) is 11.6 Å². The van der Waals surface area contributed by atoms with Crippen LogP contribution in [-0.2, 0) is 4.79 Å². The predicted molar refractivity (Wildman–Crippen MR) is 82.8 cm³/mol. The number of carbonyl (C=O) groups excluding carboxylic acids is 1. The zero-order valence-electron chi connectivity index (χ0n) is 10.3. The first-order valence-corrected chi connectivity index (χ1v) is 7.57. The zero-order valence-corrected chi connectivity index (χ0v) is 12.6. The molecule has 1 amide bonds. The van der Waals surface area contributed by atoms with E-state index >= 15 is 0 Å². The van der Waals surface area contributed by atoms with Crippen molar-refractivity contribution in [2.24, 2.45) is 5.92 Å². The van der Waals surface area contributed by atoms with Gasteiger partial charge in [-0.05, 0) is 23.4 Å². The van der Waals surface area contributed by atoms with Crippen molar-refractivity contribution in [2.75, 3.05) is 17.3 Å². The number of rotatable bonds is 2. The minimum absolute atomic E-state index is 0.165. The first kappa shape index (κ1) is 12.9. The van der Waals surface area contributed by atoms with Crippen molar-refractivity contribution < 1.29 is 4.79 Å². The number of halogens is 2. The summed E-state index contributed by atoms with van der Waals surface area (Å²) in [5, 5.41) is 2.22. The molecule has 98 valence electrons. The van der Waals surface area contributed by atoms with Gasteiger partial charge in [0.2, 0.25) is 5.91 Å². The number of amides is 1. The number of alkyl halides is 1. The molecule has 1 unspecified atom stereocenters. The van der Waals surface area contributed by atoms with Crippen LogP contribution in [0.4, 0.5) is 5.69 Å². The van der Waals surface area contributed by atoms with Gasteiger partial charge in [0.1, 0.15) is 0 Å². The lowest BCUT2D eigenvalue weighted by Gasteiger charge is -2.19. The molecule has 2 nitrogen and oxygen atoms in total. The highest BCUT2D eigenvalue weighted by atomic mass is 79.9. The van der Waals surface area contributed by atoms with Crippen LogP contribution < -0.4 is 4.90 Å². The van der Waals surface area contributed by atoms with Gasteiger partial charge in [-0.25, -0.2) is 0 Å². The molecule has 3 rings (SSSR count). The van der Waals surface area contributed by atoms with Gasteiger partial charge in [0.15, 0.2) is 0 Å².